The molecule has 122 valence electrons. The second-order valence-electron chi connectivity index (χ2n) is 4.48. The first-order valence-corrected chi connectivity index (χ1v) is 6.76. The number of hydrogen-bond acceptors (Lipinski definition) is 3. The van der Waals surface area contributed by atoms with Crippen molar-refractivity contribution >= 4 is 23.2 Å². The molecule has 0 radical (unpaired) electrons. The van der Waals surface area contributed by atoms with Crippen LogP contribution in [-0.4, -0.2) is 42.2 Å². The van der Waals surface area contributed by atoms with Crippen molar-refractivity contribution in [3.8, 4) is 0 Å². The summed E-state index contributed by atoms with van der Waals surface area (Å²) in [6.07, 6.45) is -3.09. The molecule has 0 saturated heterocycles. The highest BCUT2D eigenvalue weighted by Gasteiger charge is 2.34. The van der Waals surface area contributed by atoms with E-state index in [1.807, 2.05) is 0 Å². The third kappa shape index (κ3) is 5.67. The van der Waals surface area contributed by atoms with E-state index in [2.05, 4.69) is 11.9 Å². The van der Waals surface area contributed by atoms with Crippen molar-refractivity contribution in [1.82, 2.24) is 4.90 Å². The first kappa shape index (κ1) is 18.5. The van der Waals surface area contributed by atoms with Crippen LogP contribution < -0.4 is 5.32 Å². The molecule has 0 aliphatic carbocycles. The third-order valence-electron chi connectivity index (χ3n) is 2.73. The molecular weight excluding hydrogens is 321 g/mol. The predicted octanol–water partition coefficient (Wildman–Crippen LogP) is 2.78. The number of benzene rings is 1. The van der Waals surface area contributed by atoms with Crippen LogP contribution in [0.15, 0.2) is 30.9 Å². The Kier molecular flexibility index (Phi) is 6.86. The van der Waals surface area contributed by atoms with Crippen molar-refractivity contribution in [2.45, 2.75) is 6.18 Å². The van der Waals surface area contributed by atoms with E-state index in [4.69, 9.17) is 16.7 Å². The molecule has 1 rings (SSSR count). The summed E-state index contributed by atoms with van der Waals surface area (Å²) in [6, 6.07) is 3.13. The van der Waals surface area contributed by atoms with Crippen LogP contribution in [0.4, 0.5) is 18.9 Å². The summed E-state index contributed by atoms with van der Waals surface area (Å²) in [5, 5.41) is 11.0. The van der Waals surface area contributed by atoms with Gasteiger partial charge in [0.1, 0.15) is 0 Å². The zero-order chi connectivity index (χ0) is 16.8. The Hall–Kier alpha value is -1.57. The molecule has 22 heavy (non-hydrogen) atoms. The molecule has 1 aromatic carbocycles. The zero-order valence-electron chi connectivity index (χ0n) is 11.7. The molecule has 0 atom stereocenters. The Morgan fingerprint density at radius 2 is 2.14 bits per heavy atom. The topological polar surface area (TPSA) is 52.6 Å². The molecule has 1 aromatic rings. The van der Waals surface area contributed by atoms with Gasteiger partial charge < -0.3 is 10.4 Å². The number of nitrogens with one attached hydrogen (secondary N) is 1. The van der Waals surface area contributed by atoms with Crippen molar-refractivity contribution in [2.24, 2.45) is 0 Å². The molecule has 0 bridgehead atoms. The summed E-state index contributed by atoms with van der Waals surface area (Å²) in [7, 11) is 0. The monoisotopic (exact) mass is 336 g/mol. The lowest BCUT2D eigenvalue weighted by Crippen LogP contribution is -2.35. The molecule has 0 fully saturated rings. The maximum Gasteiger partial charge on any atom is 0.418 e. The average Bonchev–Trinajstić information content (AvgIpc) is 2.40. The number of rotatable bonds is 7. The van der Waals surface area contributed by atoms with Gasteiger partial charge in [-0.2, -0.15) is 13.2 Å². The van der Waals surface area contributed by atoms with E-state index in [-0.39, 0.29) is 30.4 Å². The van der Waals surface area contributed by atoms with Gasteiger partial charge in [0.05, 0.1) is 24.4 Å². The van der Waals surface area contributed by atoms with Crippen molar-refractivity contribution < 1.29 is 23.1 Å². The van der Waals surface area contributed by atoms with Crippen LogP contribution in [0.5, 0.6) is 0 Å². The SMILES string of the molecule is C=CCN(CCO)CC(=O)Nc1ccc(Cl)cc1C(F)(F)F. The fourth-order valence-corrected chi connectivity index (χ4v) is 1.98. The summed E-state index contributed by atoms with van der Waals surface area (Å²) in [4.78, 5) is 13.4. The number of aliphatic hydroxyl groups excluding tert-OH is 1. The summed E-state index contributed by atoms with van der Waals surface area (Å²) in [6.45, 7) is 3.73. The van der Waals surface area contributed by atoms with E-state index in [1.165, 1.54) is 12.1 Å². The van der Waals surface area contributed by atoms with Gasteiger partial charge in [0.15, 0.2) is 0 Å². The van der Waals surface area contributed by atoms with Crippen LogP contribution >= 0.6 is 11.6 Å². The minimum Gasteiger partial charge on any atom is -0.395 e. The number of carbonyl (C=O) groups is 1. The first-order valence-electron chi connectivity index (χ1n) is 6.38. The van der Waals surface area contributed by atoms with Gasteiger partial charge in [-0.05, 0) is 18.2 Å². The number of aliphatic hydroxyl groups is 1. The van der Waals surface area contributed by atoms with Gasteiger partial charge >= 0.3 is 6.18 Å². The molecule has 0 heterocycles. The van der Waals surface area contributed by atoms with E-state index in [0.717, 1.165) is 12.1 Å². The minimum atomic E-state index is -4.63. The summed E-state index contributed by atoms with van der Waals surface area (Å²) in [5.74, 6) is -0.622. The Morgan fingerprint density at radius 1 is 1.45 bits per heavy atom. The quantitative estimate of drug-likeness (QED) is 0.753. The predicted molar refractivity (Wildman–Crippen MR) is 78.8 cm³/mol. The lowest BCUT2D eigenvalue weighted by atomic mass is 10.1. The molecule has 1 amide bonds. The minimum absolute atomic E-state index is 0.0705. The highest BCUT2D eigenvalue weighted by molar-refractivity contribution is 6.30. The number of anilines is 1. The molecule has 0 aromatic heterocycles. The molecule has 8 heteroatoms. The average molecular weight is 337 g/mol. The number of carbonyl (C=O) groups excluding carboxylic acids is 1. The smallest absolute Gasteiger partial charge is 0.395 e. The fourth-order valence-electron chi connectivity index (χ4n) is 1.81. The van der Waals surface area contributed by atoms with Gasteiger partial charge in [0.25, 0.3) is 0 Å². The van der Waals surface area contributed by atoms with Gasteiger partial charge in [0, 0.05) is 18.1 Å². The zero-order valence-corrected chi connectivity index (χ0v) is 12.4. The van der Waals surface area contributed by atoms with Gasteiger partial charge in [-0.25, -0.2) is 0 Å². The van der Waals surface area contributed by atoms with Crippen LogP contribution in [0.25, 0.3) is 0 Å². The number of halogens is 4. The molecule has 4 nitrogen and oxygen atoms in total. The van der Waals surface area contributed by atoms with E-state index in [9.17, 15) is 18.0 Å². The number of amides is 1. The molecule has 0 saturated carbocycles. The highest BCUT2D eigenvalue weighted by Crippen LogP contribution is 2.36. The van der Waals surface area contributed by atoms with Crippen molar-refractivity contribution in [3.63, 3.8) is 0 Å². The number of alkyl halides is 3. The Bertz CT molecular complexity index is 535. The van der Waals surface area contributed by atoms with Crippen LogP contribution in [0.3, 0.4) is 0 Å². The van der Waals surface area contributed by atoms with Crippen molar-refractivity contribution in [1.29, 1.82) is 0 Å². The van der Waals surface area contributed by atoms with Gasteiger partial charge in [0.2, 0.25) is 5.91 Å². The van der Waals surface area contributed by atoms with Crippen LogP contribution in [0.2, 0.25) is 5.02 Å². The lowest BCUT2D eigenvalue weighted by Gasteiger charge is -2.20. The second-order valence-corrected chi connectivity index (χ2v) is 4.92. The molecule has 0 spiro atoms. The van der Waals surface area contributed by atoms with E-state index in [1.54, 1.807) is 4.90 Å². The maximum atomic E-state index is 12.9. The molecular formula is C14H16ClF3N2O2. The van der Waals surface area contributed by atoms with Crippen LogP contribution in [-0.2, 0) is 11.0 Å². The normalized spacial score (nSPS) is 11.5. The van der Waals surface area contributed by atoms with E-state index in [0.29, 0.717) is 6.54 Å². The number of hydrogen-bond donors (Lipinski definition) is 2. The lowest BCUT2D eigenvalue weighted by molar-refractivity contribution is -0.137. The van der Waals surface area contributed by atoms with Gasteiger partial charge in [-0.1, -0.05) is 17.7 Å². The molecule has 0 aliphatic rings. The standard InChI is InChI=1S/C14H16ClF3N2O2/c1-2-5-20(6-7-21)9-13(22)19-12-4-3-10(15)8-11(12)14(16,17)18/h2-4,8,21H,1,5-7,9H2,(H,19,22). The fraction of sp³-hybridized carbons (Fsp3) is 0.357. The Labute approximate surface area is 131 Å². The van der Waals surface area contributed by atoms with Crippen LogP contribution in [0, 0.1) is 0 Å². The Balaban J connectivity index is 2.85. The largest absolute Gasteiger partial charge is 0.418 e. The molecule has 0 aliphatic heterocycles. The summed E-state index contributed by atoms with van der Waals surface area (Å²) >= 11 is 5.57. The van der Waals surface area contributed by atoms with E-state index >= 15 is 0 Å². The van der Waals surface area contributed by atoms with Gasteiger partial charge in [-0.15, -0.1) is 6.58 Å². The maximum absolute atomic E-state index is 12.9. The second kappa shape index (κ2) is 8.17. The van der Waals surface area contributed by atoms with Crippen molar-refractivity contribution in [2.75, 3.05) is 31.6 Å². The molecule has 2 N–H and O–H groups in total. The highest BCUT2D eigenvalue weighted by atomic mass is 35.5. The summed E-state index contributed by atoms with van der Waals surface area (Å²) in [5.41, 5.74) is -1.37. The first-order chi connectivity index (χ1) is 10.3. The summed E-state index contributed by atoms with van der Waals surface area (Å²) < 4.78 is 38.7. The van der Waals surface area contributed by atoms with E-state index < -0.39 is 17.6 Å². The number of nitrogens with zero attached hydrogens (tertiary/aromatic N) is 1. The Morgan fingerprint density at radius 3 is 2.68 bits per heavy atom. The molecule has 0 unspecified atom stereocenters. The van der Waals surface area contributed by atoms with Crippen LogP contribution in [0.1, 0.15) is 5.56 Å². The third-order valence-corrected chi connectivity index (χ3v) is 2.97. The van der Waals surface area contributed by atoms with Gasteiger partial charge in [-0.3, -0.25) is 9.69 Å². The van der Waals surface area contributed by atoms with Crippen molar-refractivity contribution in [3.05, 3.63) is 41.4 Å².